The minimum Gasteiger partial charge on any atom is -0.391 e. The van der Waals surface area contributed by atoms with Gasteiger partial charge in [0.05, 0.1) is 19.3 Å². The van der Waals surface area contributed by atoms with E-state index in [9.17, 15) is 9.90 Å². The third kappa shape index (κ3) is 4.69. The maximum Gasteiger partial charge on any atom is 0.271 e. The van der Waals surface area contributed by atoms with Gasteiger partial charge in [0.2, 0.25) is 0 Å². The maximum atomic E-state index is 12.6. The molecular weight excluding hydrogens is 380 g/mol. The van der Waals surface area contributed by atoms with Crippen LogP contribution in [0.2, 0.25) is 0 Å². The van der Waals surface area contributed by atoms with Crippen molar-refractivity contribution in [2.75, 3.05) is 32.8 Å². The third-order valence-corrected chi connectivity index (χ3v) is 6.57. The van der Waals surface area contributed by atoms with Crippen LogP contribution in [0.5, 0.6) is 0 Å². The minimum absolute atomic E-state index is 0.134. The molecular formula is C23H30N4O3. The van der Waals surface area contributed by atoms with Gasteiger partial charge in [-0.2, -0.15) is 5.10 Å². The Kier molecular flexibility index (Phi) is 6.72. The lowest BCUT2D eigenvalue weighted by molar-refractivity contribution is -0.0236. The lowest BCUT2D eigenvalue weighted by Gasteiger charge is -2.37. The van der Waals surface area contributed by atoms with Crippen LogP contribution in [0.3, 0.4) is 0 Å². The summed E-state index contributed by atoms with van der Waals surface area (Å²) in [6.45, 7) is 3.68. The van der Waals surface area contributed by atoms with Gasteiger partial charge < -0.3 is 15.2 Å². The number of hydrogen-bond acceptors (Lipinski definition) is 6. The number of amides is 1. The molecule has 30 heavy (non-hydrogen) atoms. The minimum atomic E-state index is -0.371. The summed E-state index contributed by atoms with van der Waals surface area (Å²) in [5, 5.41) is 21.8. The van der Waals surface area contributed by atoms with Crippen LogP contribution in [-0.2, 0) is 10.2 Å². The Bertz CT molecular complexity index is 814. The average Bonchev–Trinajstić information content (AvgIpc) is 2.99. The largest absolute Gasteiger partial charge is 0.391 e. The lowest BCUT2D eigenvalue weighted by Crippen LogP contribution is -2.48. The number of aromatic nitrogens is 2. The predicted molar refractivity (Wildman–Crippen MR) is 113 cm³/mol. The van der Waals surface area contributed by atoms with E-state index in [2.05, 4.69) is 32.5 Å². The van der Waals surface area contributed by atoms with Crippen molar-refractivity contribution in [1.82, 2.24) is 20.4 Å². The first kappa shape index (κ1) is 20.9. The van der Waals surface area contributed by atoms with E-state index >= 15 is 0 Å². The number of ether oxygens (including phenoxy) is 1. The second-order valence-electron chi connectivity index (χ2n) is 8.30. The van der Waals surface area contributed by atoms with E-state index in [0.29, 0.717) is 18.7 Å². The molecule has 2 heterocycles. The molecule has 1 saturated heterocycles. The quantitative estimate of drug-likeness (QED) is 0.731. The Balaban J connectivity index is 1.53. The van der Waals surface area contributed by atoms with E-state index in [1.807, 2.05) is 18.2 Å². The molecule has 1 aromatic carbocycles. The van der Waals surface area contributed by atoms with E-state index in [-0.39, 0.29) is 23.5 Å². The number of carbonyl (C=O) groups is 1. The van der Waals surface area contributed by atoms with E-state index < -0.39 is 0 Å². The van der Waals surface area contributed by atoms with Crippen LogP contribution in [0.25, 0.3) is 0 Å². The van der Waals surface area contributed by atoms with Crippen LogP contribution in [-0.4, -0.2) is 71.1 Å². The molecule has 1 aromatic heterocycles. The van der Waals surface area contributed by atoms with Gasteiger partial charge in [-0.05, 0) is 43.4 Å². The zero-order chi connectivity index (χ0) is 20.8. The van der Waals surface area contributed by atoms with Crippen LogP contribution in [0, 0.1) is 0 Å². The molecule has 0 bridgehead atoms. The summed E-state index contributed by atoms with van der Waals surface area (Å²) < 4.78 is 5.49. The molecule has 1 amide bonds. The topological polar surface area (TPSA) is 87.6 Å². The number of nitrogens with one attached hydrogen (secondary N) is 1. The number of benzene rings is 1. The molecule has 3 atom stereocenters. The number of aliphatic hydroxyl groups excluding tert-OH is 1. The monoisotopic (exact) mass is 410 g/mol. The second-order valence-corrected chi connectivity index (χ2v) is 8.30. The van der Waals surface area contributed by atoms with E-state index in [1.54, 1.807) is 18.3 Å². The molecule has 2 aliphatic rings. The number of rotatable bonds is 5. The van der Waals surface area contributed by atoms with Gasteiger partial charge in [0.15, 0.2) is 5.69 Å². The standard InChI is InChI=1S/C23H30N4O3/c28-21-9-11-23(18-5-2-1-3-6-18,10-8-20(21)27-13-15-30-16-14-27)17-24-22(29)19-7-4-12-25-26-19/h1-7,12,20-21,28H,8-11,13-17H2,(H,24,29)/t20-,21-,23-/m1/s1. The molecule has 1 saturated carbocycles. The molecule has 0 unspecified atom stereocenters. The molecule has 2 fully saturated rings. The zero-order valence-corrected chi connectivity index (χ0v) is 17.2. The zero-order valence-electron chi connectivity index (χ0n) is 17.2. The highest BCUT2D eigenvalue weighted by atomic mass is 16.5. The number of hydrogen-bond donors (Lipinski definition) is 2. The van der Waals surface area contributed by atoms with Gasteiger partial charge in [-0.1, -0.05) is 30.3 Å². The van der Waals surface area contributed by atoms with Crippen molar-refractivity contribution < 1.29 is 14.6 Å². The third-order valence-electron chi connectivity index (χ3n) is 6.57. The van der Waals surface area contributed by atoms with Crippen molar-refractivity contribution in [3.63, 3.8) is 0 Å². The second kappa shape index (κ2) is 9.64. The van der Waals surface area contributed by atoms with Crippen LogP contribution in [0.1, 0.15) is 41.7 Å². The van der Waals surface area contributed by atoms with Gasteiger partial charge >= 0.3 is 0 Å². The normalized spacial score (nSPS) is 27.9. The summed E-state index contributed by atoms with van der Waals surface area (Å²) in [7, 11) is 0. The predicted octanol–water partition coefficient (Wildman–Crippen LogP) is 1.78. The fourth-order valence-corrected chi connectivity index (χ4v) is 4.82. The van der Waals surface area contributed by atoms with Crippen molar-refractivity contribution in [3.8, 4) is 0 Å². The first-order valence-corrected chi connectivity index (χ1v) is 10.8. The van der Waals surface area contributed by atoms with E-state index in [0.717, 1.165) is 45.6 Å². The van der Waals surface area contributed by atoms with Crippen molar-refractivity contribution >= 4 is 5.91 Å². The molecule has 2 N–H and O–H groups in total. The van der Waals surface area contributed by atoms with Crippen LogP contribution in [0.15, 0.2) is 48.7 Å². The fourth-order valence-electron chi connectivity index (χ4n) is 4.82. The molecule has 1 aliphatic heterocycles. The fraction of sp³-hybridized carbons (Fsp3) is 0.522. The van der Waals surface area contributed by atoms with Crippen molar-refractivity contribution in [2.24, 2.45) is 0 Å². The Morgan fingerprint density at radius 2 is 1.90 bits per heavy atom. The highest BCUT2D eigenvalue weighted by Gasteiger charge is 2.40. The summed E-state index contributed by atoms with van der Waals surface area (Å²) in [6, 6.07) is 13.9. The first-order valence-electron chi connectivity index (χ1n) is 10.8. The Morgan fingerprint density at radius 3 is 2.63 bits per heavy atom. The number of carbonyl (C=O) groups excluding carboxylic acids is 1. The Morgan fingerprint density at radius 1 is 1.13 bits per heavy atom. The highest BCUT2D eigenvalue weighted by molar-refractivity contribution is 5.92. The van der Waals surface area contributed by atoms with Gasteiger partial charge in [0.1, 0.15) is 0 Å². The van der Waals surface area contributed by atoms with Gasteiger partial charge in [-0.25, -0.2) is 0 Å². The number of nitrogens with zero attached hydrogens (tertiary/aromatic N) is 3. The molecule has 7 heteroatoms. The van der Waals surface area contributed by atoms with Crippen LogP contribution in [0.4, 0.5) is 0 Å². The molecule has 2 aromatic rings. The number of aliphatic hydroxyl groups is 1. The molecule has 1 aliphatic carbocycles. The molecule has 4 rings (SSSR count). The summed E-state index contributed by atoms with van der Waals surface area (Å²) in [5.74, 6) is -0.215. The van der Waals surface area contributed by atoms with Crippen molar-refractivity contribution in [3.05, 3.63) is 59.9 Å². The molecule has 0 radical (unpaired) electrons. The first-order chi connectivity index (χ1) is 14.7. The van der Waals surface area contributed by atoms with E-state index in [4.69, 9.17) is 4.74 Å². The van der Waals surface area contributed by atoms with Crippen molar-refractivity contribution in [2.45, 2.75) is 43.2 Å². The van der Waals surface area contributed by atoms with Gasteiger partial charge in [0, 0.05) is 37.3 Å². The molecule has 160 valence electrons. The summed E-state index contributed by atoms with van der Waals surface area (Å²) in [6.07, 6.45) is 4.50. The SMILES string of the molecule is O=C(NC[C@]1(c2ccccc2)CC[C@@H](O)[C@H](N2CCOCC2)CC1)c1cccnn1. The van der Waals surface area contributed by atoms with Crippen molar-refractivity contribution in [1.29, 1.82) is 0 Å². The molecule has 7 nitrogen and oxygen atoms in total. The smallest absolute Gasteiger partial charge is 0.271 e. The van der Waals surface area contributed by atoms with Gasteiger partial charge in [-0.3, -0.25) is 9.69 Å². The van der Waals surface area contributed by atoms with Gasteiger partial charge in [0.25, 0.3) is 5.91 Å². The average molecular weight is 411 g/mol. The van der Waals surface area contributed by atoms with Crippen LogP contribution >= 0.6 is 0 Å². The molecule has 0 spiro atoms. The highest BCUT2D eigenvalue weighted by Crippen LogP contribution is 2.39. The number of morpholine rings is 1. The summed E-state index contributed by atoms with van der Waals surface area (Å²) >= 11 is 0. The maximum absolute atomic E-state index is 12.6. The Hall–Kier alpha value is -2.35. The van der Waals surface area contributed by atoms with E-state index in [1.165, 1.54) is 5.56 Å². The lowest BCUT2D eigenvalue weighted by atomic mass is 9.74. The van der Waals surface area contributed by atoms with Crippen LogP contribution < -0.4 is 5.32 Å². The Labute approximate surface area is 177 Å². The van der Waals surface area contributed by atoms with Gasteiger partial charge in [-0.15, -0.1) is 5.10 Å². The summed E-state index contributed by atoms with van der Waals surface area (Å²) in [4.78, 5) is 15.0. The summed E-state index contributed by atoms with van der Waals surface area (Å²) in [5.41, 5.74) is 1.31.